The van der Waals surface area contributed by atoms with Crippen molar-refractivity contribution >= 4 is 16.0 Å². The third-order valence-electron chi connectivity index (χ3n) is 1.28. The molecule has 0 heterocycles. The minimum absolute atomic E-state index is 0.353. The molecule has 1 atom stereocenters. The van der Waals surface area contributed by atoms with E-state index in [-0.39, 0.29) is 5.92 Å². The Kier molecular flexibility index (Phi) is 4.28. The van der Waals surface area contributed by atoms with Crippen LogP contribution in [0.1, 0.15) is 13.8 Å². The number of hydrogen-bond acceptors (Lipinski definition) is 3. The molecule has 0 fully saturated rings. The van der Waals surface area contributed by atoms with Crippen LogP contribution in [0.15, 0.2) is 0 Å². The number of hydrogen-bond donors (Lipinski definition) is 2. The molecule has 0 rings (SSSR count). The third kappa shape index (κ3) is 4.79. The predicted octanol–water partition coefficient (Wildman–Crippen LogP) is -0.0580. The molecule has 0 bridgehead atoms. The molecule has 5 nitrogen and oxygen atoms in total. The van der Waals surface area contributed by atoms with E-state index >= 15 is 0 Å². The topological polar surface area (TPSA) is 83.5 Å². The van der Waals surface area contributed by atoms with E-state index < -0.39 is 28.1 Å². The Bertz CT molecular complexity index is 274. The normalized spacial score (nSPS) is 14.2. The van der Waals surface area contributed by atoms with Crippen molar-refractivity contribution in [3.8, 4) is 0 Å². The van der Waals surface area contributed by atoms with Gasteiger partial charge in [0.1, 0.15) is 0 Å². The van der Waals surface area contributed by atoms with Crippen LogP contribution in [0.5, 0.6) is 0 Å². The highest BCUT2D eigenvalue weighted by Gasteiger charge is 2.22. The van der Waals surface area contributed by atoms with Crippen LogP contribution in [0.2, 0.25) is 0 Å². The van der Waals surface area contributed by atoms with Crippen LogP contribution < -0.4 is 5.32 Å². The highest BCUT2D eigenvalue weighted by Crippen LogP contribution is 1.99. The van der Waals surface area contributed by atoms with Crippen molar-refractivity contribution in [3.05, 3.63) is 0 Å². The van der Waals surface area contributed by atoms with Gasteiger partial charge in [-0.15, -0.1) is 0 Å². The van der Waals surface area contributed by atoms with Crippen molar-refractivity contribution in [1.29, 1.82) is 0 Å². The third-order valence-corrected chi connectivity index (χ3v) is 2.10. The number of carbonyl (C=O) groups excluding carboxylic acids is 1. The monoisotopic (exact) mass is 213 g/mol. The molecule has 1 amide bonds. The summed E-state index contributed by atoms with van der Waals surface area (Å²) in [6.45, 7) is 2.43. The van der Waals surface area contributed by atoms with Crippen LogP contribution >= 0.6 is 0 Å². The molecule has 7 heteroatoms. The van der Waals surface area contributed by atoms with Gasteiger partial charge in [-0.1, -0.05) is 13.8 Å². The minimum Gasteiger partial charge on any atom is -0.352 e. The Morgan fingerprint density at radius 1 is 1.54 bits per heavy atom. The second-order valence-electron chi connectivity index (χ2n) is 2.82. The molecule has 2 N–H and O–H groups in total. The van der Waals surface area contributed by atoms with Gasteiger partial charge in [-0.05, 0) is 0 Å². The lowest BCUT2D eigenvalue weighted by atomic mass is 10.2. The van der Waals surface area contributed by atoms with Gasteiger partial charge in [-0.2, -0.15) is 8.42 Å². The molecule has 0 aliphatic carbocycles. The highest BCUT2D eigenvalue weighted by atomic mass is 32.2. The molecule has 0 spiro atoms. The van der Waals surface area contributed by atoms with Crippen LogP contribution in [-0.2, 0) is 14.9 Å². The van der Waals surface area contributed by atoms with E-state index in [9.17, 15) is 17.6 Å². The van der Waals surface area contributed by atoms with Crippen LogP contribution in [-0.4, -0.2) is 30.9 Å². The predicted molar refractivity (Wildman–Crippen MR) is 44.3 cm³/mol. The van der Waals surface area contributed by atoms with Crippen molar-refractivity contribution in [3.63, 3.8) is 0 Å². The molecular formula is C6H12FNO4S. The largest absolute Gasteiger partial charge is 0.352 e. The summed E-state index contributed by atoms with van der Waals surface area (Å²) in [6.07, 6.45) is 0. The van der Waals surface area contributed by atoms with Crippen LogP contribution in [0.4, 0.5) is 4.39 Å². The molecule has 0 aliphatic heterocycles. The molecule has 0 aromatic carbocycles. The van der Waals surface area contributed by atoms with E-state index in [1.165, 1.54) is 0 Å². The summed E-state index contributed by atoms with van der Waals surface area (Å²) in [7, 11) is -4.71. The first kappa shape index (κ1) is 12.3. The fourth-order valence-electron chi connectivity index (χ4n) is 0.490. The summed E-state index contributed by atoms with van der Waals surface area (Å²) in [5.74, 6) is -0.820. The average molecular weight is 213 g/mol. The van der Waals surface area contributed by atoms with Crippen LogP contribution in [0.3, 0.4) is 0 Å². The van der Waals surface area contributed by atoms with E-state index in [1.54, 1.807) is 13.8 Å². The van der Waals surface area contributed by atoms with E-state index in [0.717, 1.165) is 0 Å². The zero-order valence-corrected chi connectivity index (χ0v) is 8.14. The van der Waals surface area contributed by atoms with E-state index in [1.807, 2.05) is 5.32 Å². The van der Waals surface area contributed by atoms with Crippen LogP contribution in [0, 0.1) is 5.92 Å². The van der Waals surface area contributed by atoms with Gasteiger partial charge < -0.3 is 5.32 Å². The van der Waals surface area contributed by atoms with Gasteiger partial charge in [0.15, 0.2) is 0 Å². The van der Waals surface area contributed by atoms with Gasteiger partial charge in [0.25, 0.3) is 10.1 Å². The summed E-state index contributed by atoms with van der Waals surface area (Å²) in [5.41, 5.74) is -2.46. The first-order valence-corrected chi connectivity index (χ1v) is 5.13. The van der Waals surface area contributed by atoms with Gasteiger partial charge in [0.2, 0.25) is 11.4 Å². The Hall–Kier alpha value is -0.690. The van der Waals surface area contributed by atoms with E-state index in [4.69, 9.17) is 4.55 Å². The zero-order chi connectivity index (χ0) is 10.6. The molecule has 0 saturated carbocycles. The maximum atomic E-state index is 12.5. The number of alkyl halides is 1. The molecule has 0 aromatic rings. The quantitative estimate of drug-likeness (QED) is 0.641. The van der Waals surface area contributed by atoms with Gasteiger partial charge in [0, 0.05) is 5.92 Å². The number of rotatable bonds is 4. The lowest BCUT2D eigenvalue weighted by Crippen LogP contribution is -2.36. The van der Waals surface area contributed by atoms with Crippen molar-refractivity contribution < 1.29 is 22.2 Å². The summed E-state index contributed by atoms with van der Waals surface area (Å²) in [4.78, 5) is 10.8. The Morgan fingerprint density at radius 2 is 2.00 bits per heavy atom. The fraction of sp³-hybridized carbons (Fsp3) is 0.833. The number of carbonyl (C=O) groups is 1. The summed E-state index contributed by atoms with van der Waals surface area (Å²) in [5, 5.41) is 2.04. The van der Waals surface area contributed by atoms with Gasteiger partial charge in [0.05, 0.1) is 6.54 Å². The van der Waals surface area contributed by atoms with E-state index in [2.05, 4.69) is 0 Å². The van der Waals surface area contributed by atoms with Crippen LogP contribution in [0.25, 0.3) is 0 Å². The van der Waals surface area contributed by atoms with Crippen molar-refractivity contribution in [1.82, 2.24) is 5.32 Å². The lowest BCUT2D eigenvalue weighted by Gasteiger charge is -2.08. The Labute approximate surface area is 76.1 Å². The second kappa shape index (κ2) is 4.52. The molecule has 78 valence electrons. The molecule has 13 heavy (non-hydrogen) atoms. The average Bonchev–Trinajstić information content (AvgIpc) is 1.97. The number of halogens is 1. The van der Waals surface area contributed by atoms with Gasteiger partial charge in [-0.3, -0.25) is 9.35 Å². The van der Waals surface area contributed by atoms with Gasteiger partial charge in [-0.25, -0.2) is 4.39 Å². The van der Waals surface area contributed by atoms with E-state index in [0.29, 0.717) is 0 Å². The first-order chi connectivity index (χ1) is 5.75. The summed E-state index contributed by atoms with van der Waals surface area (Å²) < 4.78 is 41.0. The summed E-state index contributed by atoms with van der Waals surface area (Å²) >= 11 is 0. The standard InChI is InChI=1S/C6H12FNO4S/c1-4(2)6(9)8-3-5(7)13(10,11)12/h4-5H,3H2,1-2H3,(H,8,9)(H,10,11,12). The fourth-order valence-corrected chi connectivity index (χ4v) is 0.784. The van der Waals surface area contributed by atoms with Crippen molar-refractivity contribution in [2.45, 2.75) is 19.4 Å². The number of nitrogens with one attached hydrogen (secondary N) is 1. The zero-order valence-electron chi connectivity index (χ0n) is 7.32. The second-order valence-corrected chi connectivity index (χ2v) is 4.37. The van der Waals surface area contributed by atoms with Crippen molar-refractivity contribution in [2.75, 3.05) is 6.54 Å². The molecule has 1 unspecified atom stereocenters. The number of amides is 1. The smallest absolute Gasteiger partial charge is 0.299 e. The molecule has 0 aromatic heterocycles. The molecule has 0 saturated heterocycles. The highest BCUT2D eigenvalue weighted by molar-refractivity contribution is 7.86. The summed E-state index contributed by atoms with van der Waals surface area (Å²) in [6, 6.07) is 0. The first-order valence-electron chi connectivity index (χ1n) is 3.63. The van der Waals surface area contributed by atoms with Gasteiger partial charge >= 0.3 is 0 Å². The lowest BCUT2D eigenvalue weighted by molar-refractivity contribution is -0.124. The van der Waals surface area contributed by atoms with Crippen molar-refractivity contribution in [2.24, 2.45) is 5.92 Å². The Morgan fingerprint density at radius 3 is 2.31 bits per heavy atom. The Balaban J connectivity index is 3.99. The maximum absolute atomic E-state index is 12.5. The maximum Gasteiger partial charge on any atom is 0.299 e. The molecule has 0 radical (unpaired) electrons. The SMILES string of the molecule is CC(C)C(=O)NCC(F)S(=O)(=O)O. The minimum atomic E-state index is -4.71. The molecule has 0 aliphatic rings. The molecular weight excluding hydrogens is 201 g/mol.